The Labute approximate surface area is 105 Å². The molecule has 0 radical (unpaired) electrons. The molecule has 1 atom stereocenters. The van der Waals surface area contributed by atoms with Gasteiger partial charge < -0.3 is 15.6 Å². The van der Waals surface area contributed by atoms with Crippen molar-refractivity contribution in [3.63, 3.8) is 0 Å². The quantitative estimate of drug-likeness (QED) is 0.412. The topological polar surface area (TPSA) is 98.3 Å². The summed E-state index contributed by atoms with van der Waals surface area (Å²) in [5.74, 6) is 0.648. The second kappa shape index (κ2) is 5.03. The van der Waals surface area contributed by atoms with E-state index in [1.165, 1.54) is 0 Å². The molecular formula is C12H17N5O. The van der Waals surface area contributed by atoms with Crippen molar-refractivity contribution < 1.29 is 4.79 Å². The molecule has 0 saturated carbocycles. The second-order valence-corrected chi connectivity index (χ2v) is 4.51. The Morgan fingerprint density at radius 2 is 2.50 bits per heavy atom. The van der Waals surface area contributed by atoms with E-state index in [1.54, 1.807) is 4.90 Å². The molecule has 0 bridgehead atoms. The van der Waals surface area contributed by atoms with Crippen LogP contribution < -0.4 is 5.73 Å². The Morgan fingerprint density at radius 1 is 1.72 bits per heavy atom. The molecule has 0 aliphatic carbocycles. The van der Waals surface area contributed by atoms with Crippen LogP contribution in [0.15, 0.2) is 11.1 Å². The molecule has 2 heterocycles. The number of nitrogens with one attached hydrogen (secondary N) is 2. The van der Waals surface area contributed by atoms with Crippen LogP contribution in [0, 0.1) is 12.3 Å². The van der Waals surface area contributed by atoms with Crippen LogP contribution in [0.3, 0.4) is 0 Å². The number of aromatic nitrogens is 1. The van der Waals surface area contributed by atoms with Crippen molar-refractivity contribution in [2.75, 3.05) is 13.1 Å². The number of aliphatic imine (C=N–C) groups is 1. The number of likely N-dealkylation sites (tertiary alicyclic amines) is 1. The van der Waals surface area contributed by atoms with Crippen molar-refractivity contribution in [1.29, 1.82) is 5.41 Å². The summed E-state index contributed by atoms with van der Waals surface area (Å²) >= 11 is 0. The third-order valence-corrected chi connectivity index (χ3v) is 3.30. The average molecular weight is 247 g/mol. The van der Waals surface area contributed by atoms with E-state index < -0.39 is 0 Å². The highest BCUT2D eigenvalue weighted by Crippen LogP contribution is 2.27. The Balaban J connectivity index is 2.21. The number of H-pyrrole nitrogens is 1. The van der Waals surface area contributed by atoms with Gasteiger partial charge in [-0.05, 0) is 25.0 Å². The van der Waals surface area contributed by atoms with Gasteiger partial charge >= 0.3 is 0 Å². The molecule has 1 aliphatic heterocycles. The summed E-state index contributed by atoms with van der Waals surface area (Å²) < 4.78 is 0. The normalized spacial score (nSPS) is 20.2. The third-order valence-electron chi connectivity index (χ3n) is 3.30. The van der Waals surface area contributed by atoms with Gasteiger partial charge in [0.15, 0.2) is 0 Å². The number of aromatic amines is 1. The minimum Gasteiger partial charge on any atom is -0.382 e. The Bertz CT molecular complexity index is 491. The lowest BCUT2D eigenvalue weighted by Crippen LogP contribution is -2.18. The summed E-state index contributed by atoms with van der Waals surface area (Å²) in [5, 5.41) is 6.93. The van der Waals surface area contributed by atoms with E-state index in [0.29, 0.717) is 11.8 Å². The minimum absolute atomic E-state index is 0.319. The Morgan fingerprint density at radius 3 is 3.11 bits per heavy atom. The van der Waals surface area contributed by atoms with Crippen LogP contribution in [-0.4, -0.2) is 41.6 Å². The predicted molar refractivity (Wildman–Crippen MR) is 70.0 cm³/mol. The SMILES string of the molecule is Cc1cc(C2CCN(C=O)C2)[nH]c1C(N)=NC=N. The summed E-state index contributed by atoms with van der Waals surface area (Å²) in [7, 11) is 0. The fraction of sp³-hybridized carbons (Fsp3) is 0.417. The lowest BCUT2D eigenvalue weighted by atomic mass is 10.1. The average Bonchev–Trinajstić information content (AvgIpc) is 2.95. The highest BCUT2D eigenvalue weighted by molar-refractivity contribution is 6.00. The van der Waals surface area contributed by atoms with E-state index >= 15 is 0 Å². The maximum absolute atomic E-state index is 10.7. The molecule has 18 heavy (non-hydrogen) atoms. The first kappa shape index (κ1) is 12.3. The first-order valence-corrected chi connectivity index (χ1v) is 5.87. The van der Waals surface area contributed by atoms with E-state index in [9.17, 15) is 4.79 Å². The van der Waals surface area contributed by atoms with Crippen LogP contribution >= 0.6 is 0 Å². The molecule has 2 rings (SSSR count). The molecule has 0 spiro atoms. The minimum atomic E-state index is 0.319. The number of amides is 1. The van der Waals surface area contributed by atoms with Gasteiger partial charge in [0.25, 0.3) is 0 Å². The summed E-state index contributed by atoms with van der Waals surface area (Å²) in [5.41, 5.74) is 8.63. The Kier molecular flexibility index (Phi) is 3.45. The van der Waals surface area contributed by atoms with Gasteiger partial charge in [0, 0.05) is 24.7 Å². The van der Waals surface area contributed by atoms with Crippen molar-refractivity contribution in [2.24, 2.45) is 10.7 Å². The van der Waals surface area contributed by atoms with Crippen LogP contribution in [0.1, 0.15) is 29.3 Å². The van der Waals surface area contributed by atoms with Crippen LogP contribution in [0.5, 0.6) is 0 Å². The van der Waals surface area contributed by atoms with E-state index in [1.807, 2.05) is 13.0 Å². The van der Waals surface area contributed by atoms with Gasteiger partial charge in [-0.3, -0.25) is 10.2 Å². The van der Waals surface area contributed by atoms with Crippen molar-refractivity contribution >= 4 is 18.6 Å². The fourth-order valence-corrected chi connectivity index (χ4v) is 2.34. The zero-order chi connectivity index (χ0) is 13.1. The number of rotatable bonds is 4. The predicted octanol–water partition coefficient (Wildman–Crippen LogP) is 0.581. The highest BCUT2D eigenvalue weighted by atomic mass is 16.1. The second-order valence-electron chi connectivity index (χ2n) is 4.51. The van der Waals surface area contributed by atoms with Gasteiger partial charge in [-0.2, -0.15) is 0 Å². The lowest BCUT2D eigenvalue weighted by Gasteiger charge is -2.08. The first-order chi connectivity index (χ1) is 8.65. The number of hydrogen-bond donors (Lipinski definition) is 3. The van der Waals surface area contributed by atoms with Gasteiger partial charge in [0.1, 0.15) is 12.2 Å². The largest absolute Gasteiger partial charge is 0.382 e. The molecule has 1 amide bonds. The smallest absolute Gasteiger partial charge is 0.209 e. The number of nitrogens with two attached hydrogens (primary N) is 1. The molecule has 1 aliphatic rings. The molecule has 1 unspecified atom stereocenters. The van der Waals surface area contributed by atoms with E-state index in [4.69, 9.17) is 11.1 Å². The fourth-order valence-electron chi connectivity index (χ4n) is 2.34. The first-order valence-electron chi connectivity index (χ1n) is 5.87. The molecule has 1 aromatic heterocycles. The Hall–Kier alpha value is -2.11. The van der Waals surface area contributed by atoms with Gasteiger partial charge in [-0.25, -0.2) is 4.99 Å². The zero-order valence-corrected chi connectivity index (χ0v) is 10.3. The molecule has 6 heteroatoms. The van der Waals surface area contributed by atoms with Crippen LogP contribution in [-0.2, 0) is 4.79 Å². The number of carbonyl (C=O) groups is 1. The molecule has 96 valence electrons. The van der Waals surface area contributed by atoms with E-state index in [2.05, 4.69) is 9.98 Å². The van der Waals surface area contributed by atoms with Crippen LogP contribution in [0.25, 0.3) is 0 Å². The van der Waals surface area contributed by atoms with Crippen molar-refractivity contribution in [1.82, 2.24) is 9.88 Å². The third kappa shape index (κ3) is 2.27. The lowest BCUT2D eigenvalue weighted by molar-refractivity contribution is -0.117. The van der Waals surface area contributed by atoms with Crippen molar-refractivity contribution in [3.8, 4) is 0 Å². The highest BCUT2D eigenvalue weighted by Gasteiger charge is 2.24. The molecule has 6 nitrogen and oxygen atoms in total. The summed E-state index contributed by atoms with van der Waals surface area (Å²) in [4.78, 5) is 19.5. The molecule has 1 fully saturated rings. The number of hydrogen-bond acceptors (Lipinski definition) is 2. The summed E-state index contributed by atoms with van der Waals surface area (Å²) in [6.07, 6.45) is 2.78. The maximum Gasteiger partial charge on any atom is 0.209 e. The number of amidine groups is 1. The van der Waals surface area contributed by atoms with Gasteiger partial charge in [0.2, 0.25) is 6.41 Å². The maximum atomic E-state index is 10.7. The zero-order valence-electron chi connectivity index (χ0n) is 10.3. The standard InChI is InChI=1S/C12H17N5O/c1-8-4-10(9-2-3-17(5-9)7-18)16-11(8)12(14)15-6-13/h4,6-7,9,16H,2-3,5H2,1H3,(H3,13,14,15). The molecule has 1 saturated heterocycles. The van der Waals surface area contributed by atoms with Crippen molar-refractivity contribution in [3.05, 3.63) is 23.0 Å². The number of carbonyl (C=O) groups excluding carboxylic acids is 1. The number of nitrogens with zero attached hydrogens (tertiary/aromatic N) is 2. The molecule has 1 aromatic rings. The van der Waals surface area contributed by atoms with Crippen molar-refractivity contribution in [2.45, 2.75) is 19.3 Å². The van der Waals surface area contributed by atoms with Crippen LogP contribution in [0.4, 0.5) is 0 Å². The summed E-state index contributed by atoms with van der Waals surface area (Å²) in [6, 6.07) is 2.04. The van der Waals surface area contributed by atoms with Gasteiger partial charge in [0.05, 0.1) is 5.69 Å². The van der Waals surface area contributed by atoms with Gasteiger partial charge in [-0.1, -0.05) is 0 Å². The molecule has 4 N–H and O–H groups in total. The van der Waals surface area contributed by atoms with E-state index in [0.717, 1.165) is 49.2 Å². The molecular weight excluding hydrogens is 230 g/mol. The summed E-state index contributed by atoms with van der Waals surface area (Å²) in [6.45, 7) is 3.49. The monoisotopic (exact) mass is 247 g/mol. The van der Waals surface area contributed by atoms with Gasteiger partial charge in [-0.15, -0.1) is 0 Å². The van der Waals surface area contributed by atoms with Crippen LogP contribution in [0.2, 0.25) is 0 Å². The number of aryl methyl sites for hydroxylation is 1. The molecule has 0 aromatic carbocycles. The van der Waals surface area contributed by atoms with E-state index in [-0.39, 0.29) is 0 Å².